The molecule has 0 saturated heterocycles. The lowest BCUT2D eigenvalue weighted by molar-refractivity contribution is -0.274. The summed E-state index contributed by atoms with van der Waals surface area (Å²) in [5.74, 6) is -0.648. The average Bonchev–Trinajstić information content (AvgIpc) is 2.79. The van der Waals surface area contributed by atoms with E-state index in [9.17, 15) is 18.0 Å². The number of amides is 1. The fourth-order valence-electron chi connectivity index (χ4n) is 4.60. The van der Waals surface area contributed by atoms with Crippen molar-refractivity contribution in [3.05, 3.63) is 77.9 Å². The third-order valence-electron chi connectivity index (χ3n) is 6.19. The van der Waals surface area contributed by atoms with Crippen molar-refractivity contribution in [2.75, 3.05) is 0 Å². The standard InChI is InChI=1S/C26H27F3N2O2.ClH/c1-17(21-10-6-8-18-7-2-3-9-22(18)21)30-23-11-4-5-12-24(23)31-25(32)19-13-15-20(16-14-19)33-26(27,28)29;/h2-3,6-10,13-17,23-24,30H,4-5,11-12H2,1H3,(H,31,32);1H/t17-,23-,24-;/m0./s1. The van der Waals surface area contributed by atoms with E-state index in [-0.39, 0.29) is 42.2 Å². The molecule has 0 radical (unpaired) electrons. The number of hydrogen-bond donors (Lipinski definition) is 2. The zero-order valence-corrected chi connectivity index (χ0v) is 19.6. The summed E-state index contributed by atoms with van der Waals surface area (Å²) in [7, 11) is 0. The summed E-state index contributed by atoms with van der Waals surface area (Å²) < 4.78 is 40.9. The van der Waals surface area contributed by atoms with Crippen molar-refractivity contribution >= 4 is 29.1 Å². The Hall–Kier alpha value is -2.77. The Morgan fingerprint density at radius 1 is 0.941 bits per heavy atom. The highest BCUT2D eigenvalue weighted by Crippen LogP contribution is 2.27. The van der Waals surface area contributed by atoms with E-state index in [0.29, 0.717) is 5.56 Å². The van der Waals surface area contributed by atoms with E-state index in [2.05, 4.69) is 52.6 Å². The highest BCUT2D eigenvalue weighted by molar-refractivity contribution is 5.94. The minimum Gasteiger partial charge on any atom is -0.406 e. The molecule has 182 valence electrons. The zero-order chi connectivity index (χ0) is 23.4. The van der Waals surface area contributed by atoms with Crippen LogP contribution in [-0.2, 0) is 0 Å². The van der Waals surface area contributed by atoms with E-state index < -0.39 is 6.36 Å². The van der Waals surface area contributed by atoms with E-state index in [0.717, 1.165) is 37.8 Å². The number of ether oxygens (including phenoxy) is 1. The van der Waals surface area contributed by atoms with Crippen LogP contribution in [0.25, 0.3) is 10.8 Å². The molecular weight excluding hydrogens is 465 g/mol. The number of rotatable bonds is 6. The first-order chi connectivity index (χ1) is 15.8. The summed E-state index contributed by atoms with van der Waals surface area (Å²) in [6.07, 6.45) is -0.870. The number of fused-ring (bicyclic) bond motifs is 1. The van der Waals surface area contributed by atoms with Crippen LogP contribution >= 0.6 is 12.4 Å². The largest absolute Gasteiger partial charge is 0.573 e. The molecule has 3 aromatic carbocycles. The summed E-state index contributed by atoms with van der Waals surface area (Å²) in [6, 6.07) is 19.7. The van der Waals surface area contributed by atoms with Crippen molar-refractivity contribution in [3.63, 3.8) is 0 Å². The molecule has 1 saturated carbocycles. The second kappa shape index (κ2) is 11.1. The van der Waals surface area contributed by atoms with Crippen molar-refractivity contribution in [2.45, 2.75) is 57.1 Å². The quantitative estimate of drug-likeness (QED) is 0.410. The molecule has 1 amide bonds. The van der Waals surface area contributed by atoms with Gasteiger partial charge in [-0.3, -0.25) is 4.79 Å². The van der Waals surface area contributed by atoms with E-state index in [1.165, 1.54) is 28.5 Å². The van der Waals surface area contributed by atoms with Crippen molar-refractivity contribution in [1.29, 1.82) is 0 Å². The van der Waals surface area contributed by atoms with Crippen LogP contribution in [0.4, 0.5) is 13.2 Å². The first-order valence-corrected chi connectivity index (χ1v) is 11.2. The van der Waals surface area contributed by atoms with Crippen molar-refractivity contribution in [1.82, 2.24) is 10.6 Å². The number of hydrogen-bond acceptors (Lipinski definition) is 3. The van der Waals surface area contributed by atoms with Gasteiger partial charge in [-0.1, -0.05) is 55.3 Å². The molecule has 1 fully saturated rings. The number of carbonyl (C=O) groups is 1. The lowest BCUT2D eigenvalue weighted by Crippen LogP contribution is -2.52. The molecule has 34 heavy (non-hydrogen) atoms. The summed E-state index contributed by atoms with van der Waals surface area (Å²) in [5.41, 5.74) is 1.51. The van der Waals surface area contributed by atoms with Crippen molar-refractivity contribution < 1.29 is 22.7 Å². The highest BCUT2D eigenvalue weighted by atomic mass is 35.5. The van der Waals surface area contributed by atoms with Gasteiger partial charge in [0.15, 0.2) is 0 Å². The Kier molecular flexibility index (Phi) is 8.44. The second-order valence-corrected chi connectivity index (χ2v) is 8.50. The van der Waals surface area contributed by atoms with Crippen LogP contribution in [-0.4, -0.2) is 24.4 Å². The van der Waals surface area contributed by atoms with Crippen molar-refractivity contribution in [2.24, 2.45) is 0 Å². The SMILES string of the molecule is C[C@H](N[C@H]1CCCC[C@@H]1NC(=O)c1ccc(OC(F)(F)F)cc1)c1cccc2ccccc12.Cl. The second-order valence-electron chi connectivity index (χ2n) is 8.50. The Labute approximate surface area is 203 Å². The van der Waals surface area contributed by atoms with Gasteiger partial charge in [0, 0.05) is 23.7 Å². The van der Waals surface area contributed by atoms with Crippen LogP contribution in [0.5, 0.6) is 5.75 Å². The maximum atomic E-state index is 12.8. The van der Waals surface area contributed by atoms with Gasteiger partial charge in [-0.2, -0.15) is 0 Å². The third-order valence-corrected chi connectivity index (χ3v) is 6.19. The highest BCUT2D eigenvalue weighted by Gasteiger charge is 2.31. The minimum atomic E-state index is -4.76. The number of carbonyl (C=O) groups excluding carboxylic acids is 1. The topological polar surface area (TPSA) is 50.4 Å². The molecule has 1 aliphatic carbocycles. The van der Waals surface area contributed by atoms with E-state index in [4.69, 9.17) is 0 Å². The van der Waals surface area contributed by atoms with Crippen LogP contribution in [0.3, 0.4) is 0 Å². The summed E-state index contributed by atoms with van der Waals surface area (Å²) in [5, 5.41) is 9.19. The van der Waals surface area contributed by atoms with Gasteiger partial charge < -0.3 is 15.4 Å². The Bertz CT molecular complexity index is 1100. The van der Waals surface area contributed by atoms with Crippen LogP contribution in [0, 0.1) is 0 Å². The zero-order valence-electron chi connectivity index (χ0n) is 18.8. The van der Waals surface area contributed by atoms with Crippen LogP contribution < -0.4 is 15.4 Å². The molecule has 0 heterocycles. The molecule has 3 aromatic rings. The molecule has 0 aromatic heterocycles. The number of benzene rings is 3. The van der Waals surface area contributed by atoms with Gasteiger partial charge in [0.25, 0.3) is 5.91 Å². The average molecular weight is 493 g/mol. The maximum Gasteiger partial charge on any atom is 0.573 e. The predicted molar refractivity (Wildman–Crippen MR) is 129 cm³/mol. The van der Waals surface area contributed by atoms with Gasteiger partial charge in [0.05, 0.1) is 0 Å². The van der Waals surface area contributed by atoms with E-state index in [1.807, 2.05) is 12.1 Å². The van der Waals surface area contributed by atoms with Gasteiger partial charge >= 0.3 is 6.36 Å². The van der Waals surface area contributed by atoms with E-state index >= 15 is 0 Å². The third kappa shape index (κ3) is 6.42. The molecule has 8 heteroatoms. The molecule has 2 N–H and O–H groups in total. The fraction of sp³-hybridized carbons (Fsp3) is 0.346. The molecular formula is C26H28ClF3N2O2. The number of alkyl halides is 3. The Morgan fingerprint density at radius 2 is 1.59 bits per heavy atom. The van der Waals surface area contributed by atoms with Gasteiger partial charge in [0.1, 0.15) is 5.75 Å². The van der Waals surface area contributed by atoms with E-state index in [1.54, 1.807) is 0 Å². The molecule has 0 unspecified atom stereocenters. The molecule has 1 aliphatic rings. The van der Waals surface area contributed by atoms with Crippen molar-refractivity contribution in [3.8, 4) is 5.75 Å². The monoisotopic (exact) mass is 492 g/mol. The number of nitrogens with one attached hydrogen (secondary N) is 2. The smallest absolute Gasteiger partial charge is 0.406 e. The van der Waals surface area contributed by atoms with Gasteiger partial charge in [-0.05, 0) is 60.4 Å². The summed E-state index contributed by atoms with van der Waals surface area (Å²) in [4.78, 5) is 12.8. The Balaban J connectivity index is 0.00000324. The summed E-state index contributed by atoms with van der Waals surface area (Å²) >= 11 is 0. The molecule has 0 bridgehead atoms. The van der Waals surface area contributed by atoms with Crippen LogP contribution in [0.15, 0.2) is 66.7 Å². The molecule has 0 spiro atoms. The first-order valence-electron chi connectivity index (χ1n) is 11.2. The predicted octanol–water partition coefficient (Wildman–Crippen LogP) is 6.55. The molecule has 4 nitrogen and oxygen atoms in total. The normalized spacial score (nSPS) is 19.2. The molecule has 4 rings (SSSR count). The lowest BCUT2D eigenvalue weighted by atomic mass is 9.88. The summed E-state index contributed by atoms with van der Waals surface area (Å²) in [6.45, 7) is 2.13. The van der Waals surface area contributed by atoms with Crippen LogP contribution in [0.1, 0.15) is 54.6 Å². The van der Waals surface area contributed by atoms with Gasteiger partial charge in [-0.25, -0.2) is 0 Å². The molecule has 0 aliphatic heterocycles. The van der Waals surface area contributed by atoms with Crippen LogP contribution in [0.2, 0.25) is 0 Å². The minimum absolute atomic E-state index is 0. The molecule has 3 atom stereocenters. The van der Waals surface area contributed by atoms with Gasteiger partial charge in [0.2, 0.25) is 0 Å². The maximum absolute atomic E-state index is 12.8. The Morgan fingerprint density at radius 3 is 2.29 bits per heavy atom. The number of halogens is 4. The first kappa shape index (κ1) is 25.8. The van der Waals surface area contributed by atoms with Gasteiger partial charge in [-0.15, -0.1) is 25.6 Å². The lowest BCUT2D eigenvalue weighted by Gasteiger charge is -2.35. The fourth-order valence-corrected chi connectivity index (χ4v) is 4.60.